The van der Waals surface area contributed by atoms with Gasteiger partial charge in [-0.2, -0.15) is 0 Å². The third-order valence-corrected chi connectivity index (χ3v) is 4.30. The number of nitrogens with two attached hydrogens (primary N) is 1. The van der Waals surface area contributed by atoms with Gasteiger partial charge in [0.2, 0.25) is 0 Å². The van der Waals surface area contributed by atoms with Crippen molar-refractivity contribution in [1.82, 2.24) is 5.32 Å². The van der Waals surface area contributed by atoms with Gasteiger partial charge in [0.25, 0.3) is 0 Å². The van der Waals surface area contributed by atoms with Crippen LogP contribution in [0.3, 0.4) is 0 Å². The van der Waals surface area contributed by atoms with E-state index < -0.39 is 0 Å². The van der Waals surface area contributed by atoms with Crippen LogP contribution in [0, 0.1) is 23.7 Å². The Morgan fingerprint density at radius 2 is 1.88 bits per heavy atom. The van der Waals surface area contributed by atoms with Gasteiger partial charge in [-0.1, -0.05) is 20.8 Å². The molecule has 1 fully saturated rings. The molecule has 1 aliphatic carbocycles. The molecule has 0 aromatic carbocycles. The molecule has 0 amide bonds. The monoisotopic (exact) mass is 240 g/mol. The van der Waals surface area contributed by atoms with Gasteiger partial charge in [0, 0.05) is 0 Å². The number of rotatable bonds is 10. The molecule has 1 rings (SSSR count). The highest BCUT2D eigenvalue weighted by atomic mass is 14.9. The molecule has 2 nitrogen and oxygen atoms in total. The molecule has 3 N–H and O–H groups in total. The van der Waals surface area contributed by atoms with Gasteiger partial charge in [0.1, 0.15) is 0 Å². The van der Waals surface area contributed by atoms with Crippen LogP contribution in [0.1, 0.15) is 52.9 Å². The Morgan fingerprint density at radius 3 is 2.41 bits per heavy atom. The fourth-order valence-electron chi connectivity index (χ4n) is 2.68. The molecule has 102 valence electrons. The highest BCUT2D eigenvalue weighted by molar-refractivity contribution is 4.79. The lowest BCUT2D eigenvalue weighted by Gasteiger charge is -2.20. The quantitative estimate of drug-likeness (QED) is 0.576. The maximum absolute atomic E-state index is 5.66. The average Bonchev–Trinajstić information content (AvgIpc) is 3.10. The summed E-state index contributed by atoms with van der Waals surface area (Å²) >= 11 is 0. The zero-order chi connectivity index (χ0) is 12.7. The van der Waals surface area contributed by atoms with Crippen molar-refractivity contribution in [1.29, 1.82) is 0 Å². The molecular weight excluding hydrogens is 208 g/mol. The fourth-order valence-corrected chi connectivity index (χ4v) is 2.68. The van der Waals surface area contributed by atoms with Crippen molar-refractivity contribution in [3.05, 3.63) is 0 Å². The fraction of sp³-hybridized carbons (Fsp3) is 1.00. The third kappa shape index (κ3) is 6.42. The van der Waals surface area contributed by atoms with Gasteiger partial charge in [-0.15, -0.1) is 0 Å². The van der Waals surface area contributed by atoms with Gasteiger partial charge in [0.05, 0.1) is 0 Å². The Balaban J connectivity index is 1.97. The molecule has 0 radical (unpaired) electrons. The Bertz CT molecular complexity index is 187. The molecule has 17 heavy (non-hydrogen) atoms. The topological polar surface area (TPSA) is 38.0 Å². The van der Waals surface area contributed by atoms with E-state index >= 15 is 0 Å². The number of nitrogens with one attached hydrogen (secondary N) is 1. The summed E-state index contributed by atoms with van der Waals surface area (Å²) in [5.41, 5.74) is 5.66. The molecule has 0 spiro atoms. The van der Waals surface area contributed by atoms with Crippen molar-refractivity contribution < 1.29 is 0 Å². The molecule has 1 saturated carbocycles. The van der Waals surface area contributed by atoms with Crippen LogP contribution < -0.4 is 11.1 Å². The second-order valence-corrected chi connectivity index (χ2v) is 6.24. The predicted molar refractivity (Wildman–Crippen MR) is 76.0 cm³/mol. The minimum absolute atomic E-state index is 0.781. The van der Waals surface area contributed by atoms with Crippen LogP contribution in [0.2, 0.25) is 0 Å². The van der Waals surface area contributed by atoms with Crippen molar-refractivity contribution in [2.75, 3.05) is 19.6 Å². The molecule has 2 unspecified atom stereocenters. The zero-order valence-corrected chi connectivity index (χ0v) is 12.0. The summed E-state index contributed by atoms with van der Waals surface area (Å²) in [5.74, 6) is 3.52. The zero-order valence-electron chi connectivity index (χ0n) is 12.0. The molecule has 0 aromatic rings. The van der Waals surface area contributed by atoms with Crippen LogP contribution in [0.4, 0.5) is 0 Å². The van der Waals surface area contributed by atoms with Crippen LogP contribution in [0.5, 0.6) is 0 Å². The summed E-state index contributed by atoms with van der Waals surface area (Å²) in [6, 6.07) is 0. The summed E-state index contributed by atoms with van der Waals surface area (Å²) in [6.07, 6.45) is 6.76. The first kappa shape index (κ1) is 15.0. The maximum Gasteiger partial charge on any atom is -0.00205 e. The van der Waals surface area contributed by atoms with Crippen LogP contribution in [0.25, 0.3) is 0 Å². The minimum atomic E-state index is 0.781. The van der Waals surface area contributed by atoms with Crippen LogP contribution in [-0.2, 0) is 0 Å². The largest absolute Gasteiger partial charge is 0.330 e. The van der Waals surface area contributed by atoms with E-state index in [1.54, 1.807) is 0 Å². The van der Waals surface area contributed by atoms with E-state index in [1.807, 2.05) is 0 Å². The third-order valence-electron chi connectivity index (χ3n) is 4.30. The van der Waals surface area contributed by atoms with Crippen LogP contribution >= 0.6 is 0 Å². The lowest BCUT2D eigenvalue weighted by atomic mass is 9.88. The number of hydrogen-bond acceptors (Lipinski definition) is 2. The summed E-state index contributed by atoms with van der Waals surface area (Å²) in [6.45, 7) is 10.3. The SMILES string of the molecule is CC(C)C(CCN)CCCNCC(C)C1CC1. The normalized spacial score (nSPS) is 19.6. The van der Waals surface area contributed by atoms with E-state index in [0.29, 0.717) is 0 Å². The lowest BCUT2D eigenvalue weighted by molar-refractivity contribution is 0.328. The van der Waals surface area contributed by atoms with E-state index in [0.717, 1.165) is 30.2 Å². The molecule has 0 saturated heterocycles. The molecule has 0 heterocycles. The van der Waals surface area contributed by atoms with E-state index in [1.165, 1.54) is 45.2 Å². The second-order valence-electron chi connectivity index (χ2n) is 6.24. The van der Waals surface area contributed by atoms with Crippen molar-refractivity contribution >= 4 is 0 Å². The smallest absolute Gasteiger partial charge is 0.00205 e. The summed E-state index contributed by atoms with van der Waals surface area (Å²) < 4.78 is 0. The summed E-state index contributed by atoms with van der Waals surface area (Å²) in [7, 11) is 0. The molecule has 2 atom stereocenters. The Morgan fingerprint density at radius 1 is 1.18 bits per heavy atom. The highest BCUT2D eigenvalue weighted by Crippen LogP contribution is 2.36. The van der Waals surface area contributed by atoms with Crippen LogP contribution in [-0.4, -0.2) is 19.6 Å². The highest BCUT2D eigenvalue weighted by Gasteiger charge is 2.27. The van der Waals surface area contributed by atoms with Gasteiger partial charge >= 0.3 is 0 Å². The molecule has 1 aliphatic rings. The van der Waals surface area contributed by atoms with Crippen molar-refractivity contribution in [3.63, 3.8) is 0 Å². The standard InChI is InChI=1S/C15H32N2/c1-12(2)14(8-9-16)5-4-10-17-11-13(3)15-6-7-15/h12-15,17H,4-11,16H2,1-3H3. The minimum Gasteiger partial charge on any atom is -0.330 e. The van der Waals surface area contributed by atoms with Crippen molar-refractivity contribution in [2.24, 2.45) is 29.4 Å². The Hall–Kier alpha value is -0.0800. The van der Waals surface area contributed by atoms with E-state index in [4.69, 9.17) is 5.73 Å². The van der Waals surface area contributed by atoms with Gasteiger partial charge in [-0.05, 0) is 75.4 Å². The first-order valence-corrected chi connectivity index (χ1v) is 7.56. The first-order valence-electron chi connectivity index (χ1n) is 7.56. The van der Waals surface area contributed by atoms with Gasteiger partial charge in [0.15, 0.2) is 0 Å². The maximum atomic E-state index is 5.66. The lowest BCUT2D eigenvalue weighted by Crippen LogP contribution is -2.24. The average molecular weight is 240 g/mol. The summed E-state index contributed by atoms with van der Waals surface area (Å²) in [4.78, 5) is 0. The molecule has 0 aliphatic heterocycles. The van der Waals surface area contributed by atoms with E-state index in [9.17, 15) is 0 Å². The molecular formula is C15H32N2. The Labute approximate surface area is 108 Å². The second kappa shape index (κ2) is 8.10. The Kier molecular flexibility index (Phi) is 7.14. The van der Waals surface area contributed by atoms with E-state index in [-0.39, 0.29) is 0 Å². The van der Waals surface area contributed by atoms with Crippen molar-refractivity contribution in [2.45, 2.75) is 52.9 Å². The number of hydrogen-bond donors (Lipinski definition) is 2. The molecule has 0 bridgehead atoms. The van der Waals surface area contributed by atoms with Gasteiger partial charge in [-0.3, -0.25) is 0 Å². The van der Waals surface area contributed by atoms with Gasteiger partial charge < -0.3 is 11.1 Å². The molecule has 2 heteroatoms. The van der Waals surface area contributed by atoms with Crippen molar-refractivity contribution in [3.8, 4) is 0 Å². The predicted octanol–water partition coefficient (Wildman–Crippen LogP) is 3.02. The van der Waals surface area contributed by atoms with Gasteiger partial charge in [-0.25, -0.2) is 0 Å². The first-order chi connectivity index (χ1) is 8.15. The van der Waals surface area contributed by atoms with Crippen LogP contribution in [0.15, 0.2) is 0 Å². The summed E-state index contributed by atoms with van der Waals surface area (Å²) in [5, 5.41) is 3.61. The van der Waals surface area contributed by atoms with E-state index in [2.05, 4.69) is 26.1 Å². The molecule has 0 aromatic heterocycles.